The van der Waals surface area contributed by atoms with Crippen LogP contribution in [-0.2, 0) is 11.3 Å². The first kappa shape index (κ1) is 15.5. The highest BCUT2D eigenvalue weighted by atomic mass is 16.2. The third-order valence-electron chi connectivity index (χ3n) is 4.33. The Morgan fingerprint density at radius 1 is 1.24 bits per heavy atom. The summed E-state index contributed by atoms with van der Waals surface area (Å²) in [6.07, 6.45) is 0.562. The Balaban J connectivity index is 1.89. The Bertz CT molecular complexity index is 515. The van der Waals surface area contributed by atoms with Crippen molar-refractivity contribution in [2.24, 2.45) is 5.41 Å². The second-order valence-corrected chi connectivity index (χ2v) is 5.85. The van der Waals surface area contributed by atoms with E-state index in [1.165, 1.54) is 5.56 Å². The Labute approximate surface area is 127 Å². The lowest BCUT2D eigenvalue weighted by atomic mass is 9.87. The van der Waals surface area contributed by atoms with Crippen molar-refractivity contribution in [2.45, 2.75) is 26.8 Å². The van der Waals surface area contributed by atoms with Gasteiger partial charge in [-0.15, -0.1) is 0 Å². The van der Waals surface area contributed by atoms with E-state index in [4.69, 9.17) is 0 Å². The van der Waals surface area contributed by atoms with Gasteiger partial charge in [-0.2, -0.15) is 5.26 Å². The molecule has 0 radical (unpaired) electrons. The summed E-state index contributed by atoms with van der Waals surface area (Å²) < 4.78 is 0. The molecular weight excluding hydrogens is 262 g/mol. The van der Waals surface area contributed by atoms with Crippen molar-refractivity contribution < 1.29 is 4.79 Å². The molecule has 0 aliphatic carbocycles. The smallest absolute Gasteiger partial charge is 0.242 e. The van der Waals surface area contributed by atoms with E-state index in [0.717, 1.165) is 19.6 Å². The molecule has 1 fully saturated rings. The van der Waals surface area contributed by atoms with Gasteiger partial charge >= 0.3 is 0 Å². The van der Waals surface area contributed by atoms with Crippen LogP contribution in [0.15, 0.2) is 30.3 Å². The minimum Gasteiger partial charge on any atom is -0.339 e. The van der Waals surface area contributed by atoms with Gasteiger partial charge in [0.25, 0.3) is 0 Å². The molecule has 1 aliphatic rings. The van der Waals surface area contributed by atoms with Gasteiger partial charge in [-0.25, -0.2) is 0 Å². The summed E-state index contributed by atoms with van der Waals surface area (Å²) in [6.45, 7) is 7.72. The average molecular weight is 285 g/mol. The number of hydrogen-bond donors (Lipinski definition) is 0. The zero-order valence-electron chi connectivity index (χ0n) is 12.9. The summed E-state index contributed by atoms with van der Waals surface area (Å²) in [5.41, 5.74) is 0.425. The fourth-order valence-electron chi connectivity index (χ4n) is 2.58. The summed E-state index contributed by atoms with van der Waals surface area (Å²) in [6, 6.07) is 12.5. The highest BCUT2D eigenvalue weighted by Gasteiger charge is 2.36. The van der Waals surface area contributed by atoms with Crippen LogP contribution in [0.4, 0.5) is 0 Å². The molecule has 1 heterocycles. The van der Waals surface area contributed by atoms with Gasteiger partial charge in [-0.3, -0.25) is 9.69 Å². The third kappa shape index (κ3) is 3.62. The van der Waals surface area contributed by atoms with Crippen LogP contribution in [0.5, 0.6) is 0 Å². The van der Waals surface area contributed by atoms with Crippen LogP contribution in [0.25, 0.3) is 0 Å². The summed E-state index contributed by atoms with van der Waals surface area (Å²) in [5.74, 6) is -0.0214. The first-order chi connectivity index (χ1) is 10.1. The van der Waals surface area contributed by atoms with Gasteiger partial charge in [0.1, 0.15) is 5.41 Å². The van der Waals surface area contributed by atoms with E-state index in [9.17, 15) is 10.1 Å². The third-order valence-corrected chi connectivity index (χ3v) is 4.33. The van der Waals surface area contributed by atoms with E-state index in [0.29, 0.717) is 19.5 Å². The number of nitriles is 1. The molecule has 4 heteroatoms. The first-order valence-corrected chi connectivity index (χ1v) is 7.56. The number of rotatable bonds is 4. The molecule has 4 nitrogen and oxygen atoms in total. The summed E-state index contributed by atoms with van der Waals surface area (Å²) in [5, 5.41) is 9.23. The van der Waals surface area contributed by atoms with E-state index >= 15 is 0 Å². The molecule has 0 bridgehead atoms. The quantitative estimate of drug-likeness (QED) is 0.852. The lowest BCUT2D eigenvalue weighted by Gasteiger charge is -2.37. The van der Waals surface area contributed by atoms with Gasteiger partial charge in [0, 0.05) is 32.7 Å². The van der Waals surface area contributed by atoms with Crippen LogP contribution in [0.2, 0.25) is 0 Å². The van der Waals surface area contributed by atoms with Crippen molar-refractivity contribution in [3.05, 3.63) is 35.9 Å². The maximum Gasteiger partial charge on any atom is 0.242 e. The molecule has 2 rings (SSSR count). The highest BCUT2D eigenvalue weighted by Crippen LogP contribution is 2.24. The maximum atomic E-state index is 12.4. The van der Waals surface area contributed by atoms with E-state index in [2.05, 4.69) is 35.2 Å². The first-order valence-electron chi connectivity index (χ1n) is 7.56. The molecule has 1 unspecified atom stereocenters. The number of nitrogens with zero attached hydrogens (tertiary/aromatic N) is 3. The maximum absolute atomic E-state index is 12.4. The number of carbonyl (C=O) groups is 1. The zero-order valence-corrected chi connectivity index (χ0v) is 12.9. The SMILES string of the molecule is CCC(C)(C#N)C(=O)N1CCN(Cc2ccccc2)CC1. The summed E-state index contributed by atoms with van der Waals surface area (Å²) in [7, 11) is 0. The van der Waals surface area contributed by atoms with Gasteiger partial charge in [-0.1, -0.05) is 37.3 Å². The second kappa shape index (κ2) is 6.73. The lowest BCUT2D eigenvalue weighted by Crippen LogP contribution is -2.52. The van der Waals surface area contributed by atoms with Crippen molar-refractivity contribution in [1.29, 1.82) is 5.26 Å². The number of carbonyl (C=O) groups excluding carboxylic acids is 1. The number of piperazine rings is 1. The molecule has 0 spiro atoms. The lowest BCUT2D eigenvalue weighted by molar-refractivity contribution is -0.140. The Morgan fingerprint density at radius 3 is 2.38 bits per heavy atom. The van der Waals surface area contributed by atoms with Crippen molar-refractivity contribution in [3.63, 3.8) is 0 Å². The number of benzene rings is 1. The molecule has 1 aromatic carbocycles. The van der Waals surface area contributed by atoms with Crippen molar-refractivity contribution >= 4 is 5.91 Å². The predicted molar refractivity (Wildman–Crippen MR) is 82.3 cm³/mol. The van der Waals surface area contributed by atoms with Gasteiger partial charge in [-0.05, 0) is 18.9 Å². The fraction of sp³-hybridized carbons (Fsp3) is 0.529. The van der Waals surface area contributed by atoms with Gasteiger partial charge in [0.2, 0.25) is 5.91 Å². The Morgan fingerprint density at radius 2 is 1.86 bits per heavy atom. The summed E-state index contributed by atoms with van der Waals surface area (Å²) >= 11 is 0. The molecule has 0 N–H and O–H groups in total. The molecule has 112 valence electrons. The minimum absolute atomic E-state index is 0.0214. The van der Waals surface area contributed by atoms with E-state index < -0.39 is 5.41 Å². The molecule has 1 aromatic rings. The normalized spacial score (nSPS) is 18.8. The van der Waals surface area contributed by atoms with Gasteiger partial charge in [0.05, 0.1) is 6.07 Å². The summed E-state index contributed by atoms with van der Waals surface area (Å²) in [4.78, 5) is 16.6. The molecular formula is C17H23N3O. The Hall–Kier alpha value is -1.86. The molecule has 0 saturated carbocycles. The largest absolute Gasteiger partial charge is 0.339 e. The number of amides is 1. The number of hydrogen-bond acceptors (Lipinski definition) is 3. The molecule has 1 saturated heterocycles. The van der Waals surface area contributed by atoms with Crippen molar-refractivity contribution in [3.8, 4) is 6.07 Å². The fourth-order valence-corrected chi connectivity index (χ4v) is 2.58. The Kier molecular flexibility index (Phi) is 4.98. The van der Waals surface area contributed by atoms with Crippen molar-refractivity contribution in [1.82, 2.24) is 9.80 Å². The van der Waals surface area contributed by atoms with E-state index in [1.807, 2.05) is 17.9 Å². The van der Waals surface area contributed by atoms with Crippen LogP contribution in [0.1, 0.15) is 25.8 Å². The second-order valence-electron chi connectivity index (χ2n) is 5.85. The van der Waals surface area contributed by atoms with Crippen LogP contribution in [0.3, 0.4) is 0 Å². The van der Waals surface area contributed by atoms with Gasteiger partial charge in [0.15, 0.2) is 0 Å². The van der Waals surface area contributed by atoms with E-state index in [1.54, 1.807) is 6.92 Å². The zero-order chi connectivity index (χ0) is 15.3. The molecule has 0 aromatic heterocycles. The van der Waals surface area contributed by atoms with Crippen LogP contribution in [-0.4, -0.2) is 41.9 Å². The average Bonchev–Trinajstić information content (AvgIpc) is 2.55. The van der Waals surface area contributed by atoms with Gasteiger partial charge < -0.3 is 4.90 Å². The topological polar surface area (TPSA) is 47.3 Å². The van der Waals surface area contributed by atoms with E-state index in [-0.39, 0.29) is 5.91 Å². The van der Waals surface area contributed by atoms with Crippen LogP contribution >= 0.6 is 0 Å². The predicted octanol–water partition coefficient (Wildman–Crippen LogP) is 2.27. The van der Waals surface area contributed by atoms with Crippen molar-refractivity contribution in [2.75, 3.05) is 26.2 Å². The minimum atomic E-state index is -0.873. The molecule has 1 atom stereocenters. The molecule has 21 heavy (non-hydrogen) atoms. The molecule has 1 aliphatic heterocycles. The van der Waals surface area contributed by atoms with Crippen LogP contribution in [0, 0.1) is 16.7 Å². The highest BCUT2D eigenvalue weighted by molar-refractivity contribution is 5.85. The molecule has 1 amide bonds. The van der Waals surface area contributed by atoms with Crippen LogP contribution < -0.4 is 0 Å². The monoisotopic (exact) mass is 285 g/mol. The standard InChI is InChI=1S/C17H23N3O/c1-3-17(2,14-18)16(21)20-11-9-19(10-12-20)13-15-7-5-4-6-8-15/h4-8H,3,9-13H2,1-2H3.